The molecule has 1 atom stereocenters. The normalized spacial score (nSPS) is 19.4. The first-order valence-corrected chi connectivity index (χ1v) is 7.55. The molecule has 2 rings (SSSR count). The van der Waals surface area contributed by atoms with Crippen LogP contribution in [0.15, 0.2) is 11.6 Å². The fourth-order valence-corrected chi connectivity index (χ4v) is 3.06. The molecule has 0 saturated carbocycles. The summed E-state index contributed by atoms with van der Waals surface area (Å²) in [4.78, 5) is 4.35. The SMILES string of the molecule is CC(CNCCC1CCNCC1)c1nccs1. The zero-order valence-electron chi connectivity index (χ0n) is 10.6. The van der Waals surface area contributed by atoms with Crippen molar-refractivity contribution in [2.75, 3.05) is 26.2 Å². The largest absolute Gasteiger partial charge is 0.317 e. The highest BCUT2D eigenvalue weighted by atomic mass is 32.1. The molecule has 1 aromatic rings. The van der Waals surface area contributed by atoms with Crippen molar-refractivity contribution in [3.63, 3.8) is 0 Å². The number of thiazole rings is 1. The number of nitrogens with zero attached hydrogens (tertiary/aromatic N) is 1. The molecule has 1 aliphatic rings. The number of hydrogen-bond acceptors (Lipinski definition) is 4. The van der Waals surface area contributed by atoms with E-state index in [0.29, 0.717) is 5.92 Å². The second kappa shape index (κ2) is 7.09. The molecule has 1 aromatic heterocycles. The molecule has 17 heavy (non-hydrogen) atoms. The van der Waals surface area contributed by atoms with E-state index in [9.17, 15) is 0 Å². The summed E-state index contributed by atoms with van der Waals surface area (Å²) in [5.41, 5.74) is 0. The lowest BCUT2D eigenvalue weighted by molar-refractivity contribution is 0.347. The van der Waals surface area contributed by atoms with E-state index in [1.165, 1.54) is 37.4 Å². The number of aromatic nitrogens is 1. The van der Waals surface area contributed by atoms with Gasteiger partial charge in [-0.2, -0.15) is 0 Å². The monoisotopic (exact) mass is 253 g/mol. The van der Waals surface area contributed by atoms with Crippen LogP contribution in [0, 0.1) is 5.92 Å². The maximum Gasteiger partial charge on any atom is 0.0965 e. The lowest BCUT2D eigenvalue weighted by Crippen LogP contribution is -2.30. The van der Waals surface area contributed by atoms with Crippen molar-refractivity contribution in [2.24, 2.45) is 5.92 Å². The fraction of sp³-hybridized carbons (Fsp3) is 0.769. The van der Waals surface area contributed by atoms with Gasteiger partial charge in [0.1, 0.15) is 0 Å². The van der Waals surface area contributed by atoms with Gasteiger partial charge in [0.15, 0.2) is 0 Å². The summed E-state index contributed by atoms with van der Waals surface area (Å²) in [6.45, 7) is 6.87. The summed E-state index contributed by atoms with van der Waals surface area (Å²) in [6, 6.07) is 0. The molecule has 96 valence electrons. The Hall–Kier alpha value is -0.450. The standard InChI is InChI=1S/C13H23N3S/c1-11(13-16-8-9-17-13)10-15-7-4-12-2-5-14-6-3-12/h8-9,11-12,14-15H,2-7,10H2,1H3. The van der Waals surface area contributed by atoms with Gasteiger partial charge in [0, 0.05) is 24.0 Å². The third-order valence-electron chi connectivity index (χ3n) is 3.51. The van der Waals surface area contributed by atoms with E-state index in [1.807, 2.05) is 6.20 Å². The Morgan fingerprint density at radius 1 is 1.53 bits per heavy atom. The molecule has 0 spiro atoms. The summed E-state index contributed by atoms with van der Waals surface area (Å²) >= 11 is 1.76. The number of rotatable bonds is 6. The van der Waals surface area contributed by atoms with E-state index < -0.39 is 0 Å². The Kier molecular flexibility index (Phi) is 5.42. The highest BCUT2D eigenvalue weighted by Crippen LogP contribution is 2.17. The highest BCUT2D eigenvalue weighted by Gasteiger charge is 2.12. The van der Waals surface area contributed by atoms with Gasteiger partial charge in [0.2, 0.25) is 0 Å². The van der Waals surface area contributed by atoms with Gasteiger partial charge < -0.3 is 10.6 Å². The van der Waals surface area contributed by atoms with Crippen LogP contribution in [-0.2, 0) is 0 Å². The average Bonchev–Trinajstić information content (AvgIpc) is 2.89. The van der Waals surface area contributed by atoms with E-state index in [-0.39, 0.29) is 0 Å². The molecular weight excluding hydrogens is 230 g/mol. The zero-order valence-corrected chi connectivity index (χ0v) is 11.4. The van der Waals surface area contributed by atoms with Crippen molar-refractivity contribution in [3.8, 4) is 0 Å². The summed E-state index contributed by atoms with van der Waals surface area (Å²) in [7, 11) is 0. The molecule has 2 heterocycles. The van der Waals surface area contributed by atoms with Crippen molar-refractivity contribution in [1.82, 2.24) is 15.6 Å². The lowest BCUT2D eigenvalue weighted by atomic mass is 9.95. The van der Waals surface area contributed by atoms with Gasteiger partial charge in [-0.25, -0.2) is 4.98 Å². The maximum atomic E-state index is 4.35. The molecule has 1 unspecified atom stereocenters. The molecule has 4 heteroatoms. The first-order valence-electron chi connectivity index (χ1n) is 6.67. The van der Waals surface area contributed by atoms with Crippen LogP contribution >= 0.6 is 11.3 Å². The van der Waals surface area contributed by atoms with Crippen LogP contribution in [0.1, 0.15) is 37.1 Å². The van der Waals surface area contributed by atoms with Crippen molar-refractivity contribution in [1.29, 1.82) is 0 Å². The first-order chi connectivity index (χ1) is 8.36. The van der Waals surface area contributed by atoms with Crippen LogP contribution in [0.5, 0.6) is 0 Å². The Bertz CT molecular complexity index is 294. The van der Waals surface area contributed by atoms with E-state index in [2.05, 4.69) is 27.9 Å². The van der Waals surface area contributed by atoms with Crippen molar-refractivity contribution in [3.05, 3.63) is 16.6 Å². The second-order valence-corrected chi connectivity index (χ2v) is 5.88. The van der Waals surface area contributed by atoms with Crippen molar-refractivity contribution in [2.45, 2.75) is 32.1 Å². The summed E-state index contributed by atoms with van der Waals surface area (Å²) in [6.07, 6.45) is 5.92. The third-order valence-corrected chi connectivity index (χ3v) is 4.52. The van der Waals surface area contributed by atoms with Gasteiger partial charge in [-0.05, 0) is 44.8 Å². The smallest absolute Gasteiger partial charge is 0.0965 e. The molecule has 0 aliphatic carbocycles. The molecule has 0 amide bonds. The van der Waals surface area contributed by atoms with Gasteiger partial charge in [-0.1, -0.05) is 6.92 Å². The minimum absolute atomic E-state index is 0.544. The van der Waals surface area contributed by atoms with Gasteiger partial charge in [0.25, 0.3) is 0 Å². The summed E-state index contributed by atoms with van der Waals surface area (Å²) in [5, 5.41) is 10.3. The minimum atomic E-state index is 0.544. The third kappa shape index (κ3) is 4.37. The van der Waals surface area contributed by atoms with Crippen LogP contribution in [0.4, 0.5) is 0 Å². The van der Waals surface area contributed by atoms with Crippen LogP contribution in [0.25, 0.3) is 0 Å². The molecule has 0 aromatic carbocycles. The predicted molar refractivity (Wildman–Crippen MR) is 73.6 cm³/mol. The molecule has 0 bridgehead atoms. The molecule has 1 aliphatic heterocycles. The molecule has 0 radical (unpaired) electrons. The topological polar surface area (TPSA) is 37.0 Å². The second-order valence-electron chi connectivity index (χ2n) is 4.96. The average molecular weight is 253 g/mol. The van der Waals surface area contributed by atoms with Crippen LogP contribution < -0.4 is 10.6 Å². The highest BCUT2D eigenvalue weighted by molar-refractivity contribution is 7.09. The van der Waals surface area contributed by atoms with Gasteiger partial charge in [-0.15, -0.1) is 11.3 Å². The molecule has 1 saturated heterocycles. The quantitative estimate of drug-likeness (QED) is 0.763. The maximum absolute atomic E-state index is 4.35. The zero-order chi connectivity index (χ0) is 11.9. The number of hydrogen-bond donors (Lipinski definition) is 2. The summed E-state index contributed by atoms with van der Waals surface area (Å²) in [5.74, 6) is 1.47. The minimum Gasteiger partial charge on any atom is -0.317 e. The number of piperidine rings is 1. The predicted octanol–water partition coefficient (Wildman–Crippen LogP) is 2.23. The fourth-order valence-electron chi connectivity index (χ4n) is 2.36. The van der Waals surface area contributed by atoms with E-state index in [0.717, 1.165) is 19.0 Å². The molecule has 1 fully saturated rings. The first kappa shape index (κ1) is 13.0. The molecular formula is C13H23N3S. The van der Waals surface area contributed by atoms with Gasteiger partial charge in [0.05, 0.1) is 5.01 Å². The van der Waals surface area contributed by atoms with E-state index in [1.54, 1.807) is 11.3 Å². The summed E-state index contributed by atoms with van der Waals surface area (Å²) < 4.78 is 0. The van der Waals surface area contributed by atoms with Gasteiger partial charge in [-0.3, -0.25) is 0 Å². The Labute approximate surface area is 108 Å². The Balaban J connectivity index is 1.56. The Morgan fingerprint density at radius 2 is 2.35 bits per heavy atom. The van der Waals surface area contributed by atoms with Crippen molar-refractivity contribution < 1.29 is 0 Å². The Morgan fingerprint density at radius 3 is 3.06 bits per heavy atom. The molecule has 2 N–H and O–H groups in total. The van der Waals surface area contributed by atoms with Gasteiger partial charge >= 0.3 is 0 Å². The van der Waals surface area contributed by atoms with Crippen LogP contribution in [0.3, 0.4) is 0 Å². The van der Waals surface area contributed by atoms with E-state index >= 15 is 0 Å². The van der Waals surface area contributed by atoms with Crippen LogP contribution in [0.2, 0.25) is 0 Å². The van der Waals surface area contributed by atoms with E-state index in [4.69, 9.17) is 0 Å². The number of nitrogens with one attached hydrogen (secondary N) is 2. The molecule has 3 nitrogen and oxygen atoms in total. The van der Waals surface area contributed by atoms with Crippen LogP contribution in [-0.4, -0.2) is 31.2 Å². The van der Waals surface area contributed by atoms with Crippen molar-refractivity contribution >= 4 is 11.3 Å². The lowest BCUT2D eigenvalue weighted by Gasteiger charge is -2.22.